The number of aromatic amines is 1. The highest BCUT2D eigenvalue weighted by atomic mass is 79.9. The molecule has 116 valence electrons. The predicted molar refractivity (Wildman–Crippen MR) is 90.3 cm³/mol. The van der Waals surface area contributed by atoms with Gasteiger partial charge in [0.2, 0.25) is 0 Å². The van der Waals surface area contributed by atoms with E-state index in [1.54, 1.807) is 13.8 Å². The second-order valence-corrected chi connectivity index (χ2v) is 6.25. The fraction of sp³-hybridized carbons (Fsp3) is 0.294. The monoisotopic (exact) mass is 362 g/mol. The Kier molecular flexibility index (Phi) is 4.86. The Hall–Kier alpha value is -1.88. The molecule has 0 saturated heterocycles. The molecule has 0 aliphatic heterocycles. The van der Waals surface area contributed by atoms with E-state index in [4.69, 9.17) is 0 Å². The van der Waals surface area contributed by atoms with E-state index in [9.17, 15) is 9.59 Å². The highest BCUT2D eigenvalue weighted by Gasteiger charge is 2.21. The van der Waals surface area contributed by atoms with Crippen molar-refractivity contribution in [3.05, 3.63) is 56.8 Å². The van der Waals surface area contributed by atoms with Gasteiger partial charge in [0.1, 0.15) is 5.69 Å². The molecule has 1 aromatic heterocycles. The first-order valence-electron chi connectivity index (χ1n) is 7.08. The maximum absolute atomic E-state index is 12.5. The van der Waals surface area contributed by atoms with Crippen molar-refractivity contribution in [1.29, 1.82) is 0 Å². The summed E-state index contributed by atoms with van der Waals surface area (Å²) in [4.78, 5) is 27.2. The van der Waals surface area contributed by atoms with Crippen LogP contribution in [0.3, 0.4) is 0 Å². The Morgan fingerprint density at radius 3 is 2.41 bits per heavy atom. The molecule has 0 aliphatic carbocycles. The van der Waals surface area contributed by atoms with Gasteiger partial charge in [-0.2, -0.15) is 0 Å². The third kappa shape index (κ3) is 3.14. The number of halogens is 1. The SMILES string of the molecule is CC(=O)c1c(C)[nH]c(C(=O)NC(C)c2ccccc2Br)c1C. The van der Waals surface area contributed by atoms with Gasteiger partial charge in [-0.15, -0.1) is 0 Å². The van der Waals surface area contributed by atoms with Crippen LogP contribution in [0.4, 0.5) is 0 Å². The second-order valence-electron chi connectivity index (χ2n) is 5.40. The molecule has 0 fully saturated rings. The Balaban J connectivity index is 2.25. The zero-order valence-electron chi connectivity index (χ0n) is 13.1. The van der Waals surface area contributed by atoms with Crippen LogP contribution in [0.2, 0.25) is 0 Å². The second kappa shape index (κ2) is 6.48. The van der Waals surface area contributed by atoms with Crippen molar-refractivity contribution in [2.75, 3.05) is 0 Å². The van der Waals surface area contributed by atoms with Gasteiger partial charge in [0.15, 0.2) is 5.78 Å². The zero-order valence-corrected chi connectivity index (χ0v) is 14.7. The lowest BCUT2D eigenvalue weighted by atomic mass is 10.1. The summed E-state index contributed by atoms with van der Waals surface area (Å²) in [6, 6.07) is 7.62. The Labute approximate surface area is 138 Å². The highest BCUT2D eigenvalue weighted by molar-refractivity contribution is 9.10. The molecule has 0 saturated carbocycles. The van der Waals surface area contributed by atoms with Crippen molar-refractivity contribution >= 4 is 27.6 Å². The van der Waals surface area contributed by atoms with Gasteiger partial charge < -0.3 is 10.3 Å². The van der Waals surface area contributed by atoms with Crippen LogP contribution < -0.4 is 5.32 Å². The standard InChI is InChI=1S/C17H19BrN2O2/c1-9-15(12(4)21)11(3)19-16(9)17(22)20-10(2)13-7-5-6-8-14(13)18/h5-8,10,19H,1-4H3,(H,20,22). The molecular weight excluding hydrogens is 344 g/mol. The minimum atomic E-state index is -0.212. The zero-order chi connectivity index (χ0) is 16.4. The van der Waals surface area contributed by atoms with Crippen molar-refractivity contribution in [3.8, 4) is 0 Å². The Bertz CT molecular complexity index is 734. The lowest BCUT2D eigenvalue weighted by molar-refractivity contribution is 0.0934. The van der Waals surface area contributed by atoms with E-state index in [-0.39, 0.29) is 17.7 Å². The van der Waals surface area contributed by atoms with Crippen LogP contribution in [0.15, 0.2) is 28.7 Å². The van der Waals surface area contributed by atoms with Gasteiger partial charge in [-0.25, -0.2) is 0 Å². The number of hydrogen-bond acceptors (Lipinski definition) is 2. The van der Waals surface area contributed by atoms with Gasteiger partial charge in [-0.05, 0) is 44.9 Å². The number of hydrogen-bond donors (Lipinski definition) is 2. The number of H-pyrrole nitrogens is 1. The summed E-state index contributed by atoms with van der Waals surface area (Å²) >= 11 is 3.49. The molecule has 0 radical (unpaired) electrons. The number of carbonyl (C=O) groups is 2. The summed E-state index contributed by atoms with van der Waals surface area (Å²) in [5.41, 5.74) is 3.47. The Morgan fingerprint density at radius 1 is 1.23 bits per heavy atom. The summed E-state index contributed by atoms with van der Waals surface area (Å²) < 4.78 is 0.951. The van der Waals surface area contributed by atoms with E-state index < -0.39 is 0 Å². The van der Waals surface area contributed by atoms with Crippen LogP contribution in [0, 0.1) is 13.8 Å². The molecule has 2 N–H and O–H groups in total. The molecule has 2 aromatic rings. The maximum atomic E-state index is 12.5. The van der Waals surface area contributed by atoms with Crippen molar-refractivity contribution in [1.82, 2.24) is 10.3 Å². The van der Waals surface area contributed by atoms with Gasteiger partial charge in [0, 0.05) is 15.7 Å². The number of carbonyl (C=O) groups excluding carboxylic acids is 2. The third-order valence-corrected chi connectivity index (χ3v) is 4.46. The van der Waals surface area contributed by atoms with Crippen LogP contribution in [-0.2, 0) is 0 Å². The van der Waals surface area contributed by atoms with Gasteiger partial charge in [0.05, 0.1) is 6.04 Å². The summed E-state index contributed by atoms with van der Waals surface area (Å²) in [5.74, 6) is -0.250. The van der Waals surface area contributed by atoms with Gasteiger partial charge >= 0.3 is 0 Å². The average molecular weight is 363 g/mol. The number of amides is 1. The maximum Gasteiger partial charge on any atom is 0.268 e. The van der Waals surface area contributed by atoms with Crippen molar-refractivity contribution in [2.45, 2.75) is 33.7 Å². The van der Waals surface area contributed by atoms with E-state index in [2.05, 4.69) is 26.2 Å². The normalized spacial score (nSPS) is 12.0. The molecule has 2 rings (SSSR count). The number of benzene rings is 1. The molecule has 1 amide bonds. The summed E-state index contributed by atoms with van der Waals surface area (Å²) in [7, 11) is 0. The highest BCUT2D eigenvalue weighted by Crippen LogP contribution is 2.24. The average Bonchev–Trinajstić information content (AvgIpc) is 2.74. The first-order chi connectivity index (χ1) is 10.3. The molecule has 5 heteroatoms. The minimum absolute atomic E-state index is 0.0378. The number of rotatable bonds is 4. The molecule has 0 aliphatic rings. The first kappa shape index (κ1) is 16.5. The van der Waals surface area contributed by atoms with Crippen LogP contribution in [0.5, 0.6) is 0 Å². The number of Topliss-reactive ketones (excluding diaryl/α,β-unsaturated/α-hetero) is 1. The number of aromatic nitrogens is 1. The van der Waals surface area contributed by atoms with Gasteiger partial charge in [-0.3, -0.25) is 9.59 Å². The summed E-state index contributed by atoms with van der Waals surface area (Å²) in [5, 5.41) is 2.96. The molecular formula is C17H19BrN2O2. The number of nitrogens with one attached hydrogen (secondary N) is 2. The minimum Gasteiger partial charge on any atom is -0.354 e. The molecule has 1 heterocycles. The van der Waals surface area contributed by atoms with Crippen molar-refractivity contribution in [3.63, 3.8) is 0 Å². The molecule has 1 atom stereocenters. The fourth-order valence-corrected chi connectivity index (χ4v) is 3.31. The molecule has 22 heavy (non-hydrogen) atoms. The van der Waals surface area contributed by atoms with Crippen LogP contribution >= 0.6 is 15.9 Å². The number of aryl methyl sites for hydroxylation is 1. The smallest absolute Gasteiger partial charge is 0.268 e. The molecule has 0 bridgehead atoms. The van der Waals surface area contributed by atoms with E-state index in [0.717, 1.165) is 15.7 Å². The fourth-order valence-electron chi connectivity index (χ4n) is 2.68. The third-order valence-electron chi connectivity index (χ3n) is 3.74. The quantitative estimate of drug-likeness (QED) is 0.804. The van der Waals surface area contributed by atoms with Crippen LogP contribution in [0.1, 0.15) is 57.6 Å². The molecule has 1 unspecified atom stereocenters. The molecule has 1 aromatic carbocycles. The molecule has 4 nitrogen and oxygen atoms in total. The van der Waals surface area contributed by atoms with Gasteiger partial charge in [-0.1, -0.05) is 34.1 Å². The van der Waals surface area contributed by atoms with Gasteiger partial charge in [0.25, 0.3) is 5.91 Å². The topological polar surface area (TPSA) is 62.0 Å². The van der Waals surface area contributed by atoms with Crippen molar-refractivity contribution in [2.24, 2.45) is 0 Å². The van der Waals surface area contributed by atoms with E-state index in [0.29, 0.717) is 16.8 Å². The lowest BCUT2D eigenvalue weighted by Crippen LogP contribution is -2.27. The van der Waals surface area contributed by atoms with E-state index in [1.807, 2.05) is 31.2 Å². The Morgan fingerprint density at radius 2 is 1.86 bits per heavy atom. The molecule has 0 spiro atoms. The number of ketones is 1. The van der Waals surface area contributed by atoms with E-state index in [1.165, 1.54) is 6.92 Å². The lowest BCUT2D eigenvalue weighted by Gasteiger charge is -2.15. The summed E-state index contributed by atoms with van der Waals surface area (Å²) in [6.45, 7) is 7.03. The summed E-state index contributed by atoms with van der Waals surface area (Å²) in [6.07, 6.45) is 0. The van der Waals surface area contributed by atoms with Crippen molar-refractivity contribution < 1.29 is 9.59 Å². The largest absolute Gasteiger partial charge is 0.354 e. The van der Waals surface area contributed by atoms with Crippen LogP contribution in [-0.4, -0.2) is 16.7 Å². The first-order valence-corrected chi connectivity index (χ1v) is 7.87. The van der Waals surface area contributed by atoms with Crippen LogP contribution in [0.25, 0.3) is 0 Å². The predicted octanol–water partition coefficient (Wildman–Crippen LogP) is 4.09. The van der Waals surface area contributed by atoms with E-state index >= 15 is 0 Å².